The molecule has 0 amide bonds. The Kier molecular flexibility index (Phi) is 17.6. The average Bonchev–Trinajstić information content (AvgIpc) is 2.91. The lowest BCUT2D eigenvalue weighted by atomic mass is 10.1. The third-order valence-corrected chi connectivity index (χ3v) is 5.31. The quantitative estimate of drug-likeness (QED) is 0.103. The van der Waals surface area contributed by atoms with Crippen LogP contribution < -0.4 is 15.2 Å². The van der Waals surface area contributed by atoms with Crippen molar-refractivity contribution in [3.8, 4) is 11.5 Å². The Bertz CT molecular complexity index is 922. The van der Waals surface area contributed by atoms with Crippen molar-refractivity contribution >= 4 is 24.4 Å². The van der Waals surface area contributed by atoms with Gasteiger partial charge in [0.05, 0.1) is 19.8 Å². The van der Waals surface area contributed by atoms with Crippen LogP contribution >= 0.6 is 0 Å². The number of esters is 1. The van der Waals surface area contributed by atoms with Crippen molar-refractivity contribution in [2.75, 3.05) is 26.4 Å². The molecule has 0 unspecified atom stereocenters. The number of hydrogen-bond acceptors (Lipinski definition) is 12. The smallest absolute Gasteiger partial charge is 0.461 e. The van der Waals surface area contributed by atoms with Crippen LogP contribution in [0.2, 0.25) is 0 Å². The molecule has 0 heterocycles. The van der Waals surface area contributed by atoms with Crippen LogP contribution in [0.3, 0.4) is 0 Å². The van der Waals surface area contributed by atoms with Crippen molar-refractivity contribution in [1.82, 2.24) is 0 Å². The van der Waals surface area contributed by atoms with E-state index in [-0.39, 0.29) is 44.3 Å². The third kappa shape index (κ3) is 15.2. The predicted octanol–water partition coefficient (Wildman–Crippen LogP) is 5.46. The van der Waals surface area contributed by atoms with Crippen molar-refractivity contribution in [3.05, 3.63) is 23.8 Å². The van der Waals surface area contributed by atoms with Crippen molar-refractivity contribution in [3.63, 3.8) is 0 Å². The number of rotatable bonds is 18. The second-order valence-corrected chi connectivity index (χ2v) is 9.06. The number of carbonyl (C=O) groups excluding carboxylic acids is 4. The fourth-order valence-corrected chi connectivity index (χ4v) is 3.07. The highest BCUT2D eigenvalue weighted by Gasteiger charge is 2.21. The minimum Gasteiger partial charge on any atom is -0.461 e. The number of ether oxygens (including phenoxy) is 7. The summed E-state index contributed by atoms with van der Waals surface area (Å²) in [5.41, 5.74) is 6.50. The van der Waals surface area contributed by atoms with Gasteiger partial charge in [0.2, 0.25) is 0 Å². The zero-order chi connectivity index (χ0) is 29.8. The molecule has 0 aliphatic carbocycles. The molecule has 1 rings (SSSR count). The molecular weight excluding hydrogens is 526 g/mol. The lowest BCUT2D eigenvalue weighted by molar-refractivity contribution is -0.148. The minimum atomic E-state index is -1.08. The van der Waals surface area contributed by atoms with Crippen LogP contribution in [0.1, 0.15) is 78.2 Å². The molecule has 0 radical (unpaired) electrons. The molecule has 2 atom stereocenters. The van der Waals surface area contributed by atoms with Crippen LogP contribution in [-0.2, 0) is 34.9 Å². The molecule has 2 N–H and O–H groups in total. The second-order valence-electron chi connectivity index (χ2n) is 9.06. The molecule has 0 fully saturated rings. The molecule has 0 saturated carbocycles. The van der Waals surface area contributed by atoms with E-state index >= 15 is 0 Å². The first-order valence-corrected chi connectivity index (χ1v) is 13.8. The summed E-state index contributed by atoms with van der Waals surface area (Å²) >= 11 is 0. The Labute approximate surface area is 235 Å². The van der Waals surface area contributed by atoms with E-state index in [4.69, 9.17) is 38.9 Å². The van der Waals surface area contributed by atoms with E-state index < -0.39 is 36.6 Å². The Morgan fingerprint density at radius 3 is 1.88 bits per heavy atom. The largest absolute Gasteiger partial charge is 0.513 e. The molecule has 0 spiro atoms. The van der Waals surface area contributed by atoms with Gasteiger partial charge in [-0.1, -0.05) is 52.5 Å². The topological polar surface area (TPSA) is 159 Å². The first-order valence-electron chi connectivity index (χ1n) is 13.8. The van der Waals surface area contributed by atoms with Gasteiger partial charge in [0, 0.05) is 0 Å². The summed E-state index contributed by atoms with van der Waals surface area (Å²) in [5.74, 6) is -0.902. The molecule has 0 aliphatic heterocycles. The van der Waals surface area contributed by atoms with E-state index in [1.807, 2.05) is 20.8 Å². The van der Waals surface area contributed by atoms with Crippen LogP contribution in [0.4, 0.5) is 14.4 Å². The van der Waals surface area contributed by atoms with Gasteiger partial charge in [-0.15, -0.1) is 0 Å². The highest BCUT2D eigenvalue weighted by molar-refractivity contribution is 5.76. The van der Waals surface area contributed by atoms with Crippen LogP contribution in [0.25, 0.3) is 0 Å². The summed E-state index contributed by atoms with van der Waals surface area (Å²) in [4.78, 5) is 48.3. The maximum Gasteiger partial charge on any atom is 0.513 e. The molecule has 0 aliphatic rings. The lowest BCUT2D eigenvalue weighted by Gasteiger charge is -2.16. The summed E-state index contributed by atoms with van der Waals surface area (Å²) in [7, 11) is 0. The molecule has 226 valence electrons. The van der Waals surface area contributed by atoms with Gasteiger partial charge < -0.3 is 38.9 Å². The van der Waals surface area contributed by atoms with E-state index in [9.17, 15) is 19.2 Å². The van der Waals surface area contributed by atoms with Gasteiger partial charge in [0.1, 0.15) is 18.8 Å². The number of nitrogens with two attached hydrogens (primary N) is 1. The van der Waals surface area contributed by atoms with Gasteiger partial charge in [-0.2, -0.15) is 0 Å². The van der Waals surface area contributed by atoms with E-state index in [1.165, 1.54) is 12.1 Å². The standard InChI is InChI=1S/C28H43NO11/c1-5-8-11-16-36-26(31)38-20(4)19-37-25(30)22(29)17-21-12-13-23(39-27(32)34-14-9-6-2)24(18-21)40-28(33)35-15-10-7-3/h12-13,18,20,22H,5-11,14-17,19,29H2,1-4H3/t20-,22-/m0/s1. The normalized spacial score (nSPS) is 12.0. The Balaban J connectivity index is 2.74. The molecule has 0 saturated heterocycles. The molecule has 1 aromatic rings. The fourth-order valence-electron chi connectivity index (χ4n) is 3.07. The number of carbonyl (C=O) groups is 4. The molecule has 1 aromatic carbocycles. The van der Waals surface area contributed by atoms with Crippen molar-refractivity contribution in [2.24, 2.45) is 5.73 Å². The van der Waals surface area contributed by atoms with Crippen LogP contribution in [0, 0.1) is 0 Å². The van der Waals surface area contributed by atoms with Crippen molar-refractivity contribution in [1.29, 1.82) is 0 Å². The Morgan fingerprint density at radius 1 is 0.725 bits per heavy atom. The Hall–Kier alpha value is -3.54. The zero-order valence-corrected chi connectivity index (χ0v) is 23.9. The van der Waals surface area contributed by atoms with E-state index in [0.717, 1.165) is 32.1 Å². The highest BCUT2D eigenvalue weighted by Crippen LogP contribution is 2.30. The number of benzene rings is 1. The van der Waals surface area contributed by atoms with Gasteiger partial charge in [-0.3, -0.25) is 4.79 Å². The number of unbranched alkanes of at least 4 members (excludes halogenated alkanes) is 4. The summed E-state index contributed by atoms with van der Waals surface area (Å²) in [6.07, 6.45) is 2.18. The van der Waals surface area contributed by atoms with Crippen molar-refractivity contribution < 1.29 is 52.3 Å². The van der Waals surface area contributed by atoms with Crippen LogP contribution in [0.15, 0.2) is 18.2 Å². The SMILES string of the molecule is CCCCCOC(=O)O[C@@H](C)COC(=O)[C@@H](N)Cc1ccc(OC(=O)OCCCC)c(OC(=O)OCCCC)c1. The average molecular weight is 570 g/mol. The van der Waals surface area contributed by atoms with Gasteiger partial charge in [-0.25, -0.2) is 14.4 Å². The van der Waals surface area contributed by atoms with Gasteiger partial charge >= 0.3 is 24.4 Å². The monoisotopic (exact) mass is 569 g/mol. The second kappa shape index (κ2) is 20.4. The summed E-state index contributed by atoms with van der Waals surface area (Å²) in [6.45, 7) is 7.89. The first kappa shape index (κ1) is 34.5. The van der Waals surface area contributed by atoms with Crippen molar-refractivity contribution in [2.45, 2.75) is 91.2 Å². The summed E-state index contributed by atoms with van der Waals surface area (Å²) in [5, 5.41) is 0. The van der Waals surface area contributed by atoms with Crippen LogP contribution in [-0.4, -0.2) is 63.0 Å². The van der Waals surface area contributed by atoms with Crippen LogP contribution in [0.5, 0.6) is 11.5 Å². The lowest BCUT2D eigenvalue weighted by Crippen LogP contribution is -2.36. The maximum atomic E-state index is 12.4. The summed E-state index contributed by atoms with van der Waals surface area (Å²) in [6, 6.07) is 3.27. The van der Waals surface area contributed by atoms with E-state index in [2.05, 4.69) is 0 Å². The highest BCUT2D eigenvalue weighted by atomic mass is 16.7. The molecule has 12 nitrogen and oxygen atoms in total. The third-order valence-electron chi connectivity index (χ3n) is 5.31. The first-order chi connectivity index (χ1) is 19.2. The summed E-state index contributed by atoms with van der Waals surface area (Å²) < 4.78 is 35.6. The molecular formula is C28H43NO11. The van der Waals surface area contributed by atoms with E-state index in [0.29, 0.717) is 18.4 Å². The van der Waals surface area contributed by atoms with Gasteiger partial charge in [-0.05, 0) is 50.3 Å². The van der Waals surface area contributed by atoms with Gasteiger partial charge in [0.25, 0.3) is 0 Å². The van der Waals surface area contributed by atoms with Gasteiger partial charge in [0.15, 0.2) is 11.5 Å². The predicted molar refractivity (Wildman–Crippen MR) is 144 cm³/mol. The Morgan fingerprint density at radius 2 is 1.27 bits per heavy atom. The molecule has 40 heavy (non-hydrogen) atoms. The maximum absolute atomic E-state index is 12.4. The molecule has 0 bridgehead atoms. The minimum absolute atomic E-state index is 0.00993. The number of hydrogen-bond donors (Lipinski definition) is 1. The van der Waals surface area contributed by atoms with E-state index in [1.54, 1.807) is 13.0 Å². The fraction of sp³-hybridized carbons (Fsp3) is 0.643. The molecule has 0 aromatic heterocycles. The molecule has 12 heteroatoms. The zero-order valence-electron chi connectivity index (χ0n) is 23.9.